The maximum Gasteiger partial charge on any atom is 0.418 e. The fourth-order valence-corrected chi connectivity index (χ4v) is 1.74. The van der Waals surface area contributed by atoms with E-state index in [1.54, 1.807) is 6.07 Å². The van der Waals surface area contributed by atoms with Crippen molar-refractivity contribution in [1.82, 2.24) is 10.5 Å². The Labute approximate surface area is 118 Å². The summed E-state index contributed by atoms with van der Waals surface area (Å²) in [6.07, 6.45) is -3.13. The Hall–Kier alpha value is -2.51. The maximum absolute atomic E-state index is 12.9. The lowest BCUT2D eigenvalue weighted by molar-refractivity contribution is -0.136. The lowest BCUT2D eigenvalue weighted by Crippen LogP contribution is -2.23. The number of hydrogen-bond acceptors (Lipinski definition) is 4. The minimum absolute atomic E-state index is 0.0496. The van der Waals surface area contributed by atoms with E-state index in [1.807, 2.05) is 0 Å². The third-order valence-electron chi connectivity index (χ3n) is 2.77. The van der Waals surface area contributed by atoms with Crippen LogP contribution < -0.4 is 10.6 Å². The highest BCUT2D eigenvalue weighted by Crippen LogP contribution is 2.35. The lowest BCUT2D eigenvalue weighted by atomic mass is 10.1. The van der Waals surface area contributed by atoms with Gasteiger partial charge in [-0.2, -0.15) is 13.2 Å². The quantitative estimate of drug-likeness (QED) is 0.911. The SMILES string of the molecule is CNc1ccc(C(=O)NCc2ccno2)cc1C(F)(F)F. The summed E-state index contributed by atoms with van der Waals surface area (Å²) in [6.45, 7) is 0.0496. The molecule has 1 amide bonds. The average Bonchev–Trinajstić information content (AvgIpc) is 2.96. The van der Waals surface area contributed by atoms with Crippen molar-refractivity contribution in [2.75, 3.05) is 12.4 Å². The summed E-state index contributed by atoms with van der Waals surface area (Å²) >= 11 is 0. The molecule has 0 saturated carbocycles. The normalized spacial score (nSPS) is 11.2. The van der Waals surface area contributed by atoms with Crippen LogP contribution in [0.25, 0.3) is 0 Å². The molecule has 0 unspecified atom stereocenters. The van der Waals surface area contributed by atoms with Crippen LogP contribution in [-0.4, -0.2) is 18.1 Å². The highest BCUT2D eigenvalue weighted by atomic mass is 19.4. The first-order valence-corrected chi connectivity index (χ1v) is 5.98. The molecule has 21 heavy (non-hydrogen) atoms. The van der Waals surface area contributed by atoms with Crippen molar-refractivity contribution < 1.29 is 22.5 Å². The first-order chi connectivity index (χ1) is 9.91. The number of amides is 1. The van der Waals surface area contributed by atoms with Crippen molar-refractivity contribution >= 4 is 11.6 Å². The summed E-state index contributed by atoms with van der Waals surface area (Å²) in [4.78, 5) is 11.9. The summed E-state index contributed by atoms with van der Waals surface area (Å²) in [6, 6.07) is 4.88. The molecule has 0 radical (unpaired) electrons. The number of benzene rings is 1. The van der Waals surface area contributed by atoms with Crippen molar-refractivity contribution in [1.29, 1.82) is 0 Å². The molecule has 0 fully saturated rings. The molecular weight excluding hydrogens is 287 g/mol. The van der Waals surface area contributed by atoms with Crippen LogP contribution in [0, 0.1) is 0 Å². The minimum atomic E-state index is -4.54. The Kier molecular flexibility index (Phi) is 4.15. The molecule has 0 saturated heterocycles. The third kappa shape index (κ3) is 3.53. The molecule has 0 bridgehead atoms. The van der Waals surface area contributed by atoms with Crippen molar-refractivity contribution in [3.05, 3.63) is 47.3 Å². The number of nitrogens with one attached hydrogen (secondary N) is 2. The monoisotopic (exact) mass is 299 g/mol. The van der Waals surface area contributed by atoms with E-state index in [-0.39, 0.29) is 17.8 Å². The van der Waals surface area contributed by atoms with Crippen LogP contribution in [0.1, 0.15) is 21.7 Å². The molecule has 2 aromatic rings. The van der Waals surface area contributed by atoms with Crippen molar-refractivity contribution in [3.63, 3.8) is 0 Å². The predicted molar refractivity (Wildman–Crippen MR) is 68.7 cm³/mol. The molecule has 1 heterocycles. The zero-order valence-electron chi connectivity index (χ0n) is 11.0. The van der Waals surface area contributed by atoms with Gasteiger partial charge < -0.3 is 15.2 Å². The Balaban J connectivity index is 2.17. The number of aromatic nitrogens is 1. The van der Waals surface area contributed by atoms with Gasteiger partial charge in [-0.3, -0.25) is 4.79 Å². The summed E-state index contributed by atoms with van der Waals surface area (Å²) in [5, 5.41) is 8.36. The summed E-state index contributed by atoms with van der Waals surface area (Å²) < 4.78 is 43.5. The molecule has 2 rings (SSSR count). The standard InChI is InChI=1S/C13H12F3N3O2/c1-17-11-3-2-8(6-10(11)13(14,15)16)12(20)18-7-9-4-5-19-21-9/h2-6,17H,7H2,1H3,(H,18,20). The Bertz CT molecular complexity index is 624. The van der Waals surface area contributed by atoms with Gasteiger partial charge in [0.25, 0.3) is 5.91 Å². The molecule has 0 aliphatic heterocycles. The zero-order valence-corrected chi connectivity index (χ0v) is 11.0. The van der Waals surface area contributed by atoms with Crippen LogP contribution in [0.15, 0.2) is 35.0 Å². The summed E-state index contributed by atoms with van der Waals surface area (Å²) in [5.74, 6) is -0.217. The molecule has 0 atom stereocenters. The van der Waals surface area contributed by atoms with Crippen molar-refractivity contribution in [2.24, 2.45) is 0 Å². The number of nitrogens with zero attached hydrogens (tertiary/aromatic N) is 1. The number of hydrogen-bond donors (Lipinski definition) is 2. The fraction of sp³-hybridized carbons (Fsp3) is 0.231. The number of alkyl halides is 3. The molecule has 8 heteroatoms. The van der Waals surface area contributed by atoms with Gasteiger partial charge in [-0.15, -0.1) is 0 Å². The Morgan fingerprint density at radius 1 is 1.33 bits per heavy atom. The van der Waals surface area contributed by atoms with Gasteiger partial charge in [0.2, 0.25) is 0 Å². The smallest absolute Gasteiger partial charge is 0.388 e. The third-order valence-corrected chi connectivity index (χ3v) is 2.77. The zero-order chi connectivity index (χ0) is 15.5. The molecule has 1 aromatic heterocycles. The first kappa shape index (κ1) is 14.9. The highest BCUT2D eigenvalue weighted by molar-refractivity contribution is 5.94. The Morgan fingerprint density at radius 2 is 2.10 bits per heavy atom. The second-order valence-corrected chi connectivity index (χ2v) is 4.17. The number of rotatable bonds is 4. The van der Waals surface area contributed by atoms with Crippen molar-refractivity contribution in [3.8, 4) is 0 Å². The summed E-state index contributed by atoms with van der Waals surface area (Å²) in [5.41, 5.74) is -1.06. The average molecular weight is 299 g/mol. The number of halogens is 3. The number of carbonyl (C=O) groups is 1. The lowest BCUT2D eigenvalue weighted by Gasteiger charge is -2.14. The van der Waals surface area contributed by atoms with E-state index in [9.17, 15) is 18.0 Å². The van der Waals surface area contributed by atoms with Crippen molar-refractivity contribution in [2.45, 2.75) is 12.7 Å². The van der Waals surface area contributed by atoms with Crippen LogP contribution >= 0.6 is 0 Å². The fourth-order valence-electron chi connectivity index (χ4n) is 1.74. The van der Waals surface area contributed by atoms with Gasteiger partial charge in [-0.05, 0) is 18.2 Å². The molecular formula is C13H12F3N3O2. The van der Waals surface area contributed by atoms with E-state index in [0.717, 1.165) is 6.07 Å². The highest BCUT2D eigenvalue weighted by Gasteiger charge is 2.34. The van der Waals surface area contributed by atoms with Gasteiger partial charge in [0.15, 0.2) is 5.76 Å². The van der Waals surface area contributed by atoms with Gasteiger partial charge in [0, 0.05) is 24.4 Å². The molecule has 5 nitrogen and oxygen atoms in total. The second kappa shape index (κ2) is 5.86. The van der Waals surface area contributed by atoms with Crippen LogP contribution in [0.2, 0.25) is 0 Å². The van der Waals surface area contributed by atoms with E-state index in [4.69, 9.17) is 4.52 Å². The van der Waals surface area contributed by atoms with E-state index in [0.29, 0.717) is 5.76 Å². The van der Waals surface area contributed by atoms with Gasteiger partial charge in [-0.25, -0.2) is 0 Å². The largest absolute Gasteiger partial charge is 0.418 e. The number of carbonyl (C=O) groups excluding carboxylic acids is 1. The molecule has 1 aromatic carbocycles. The van der Waals surface area contributed by atoms with Gasteiger partial charge in [0.05, 0.1) is 18.3 Å². The van der Waals surface area contributed by atoms with Gasteiger partial charge in [-0.1, -0.05) is 5.16 Å². The van der Waals surface area contributed by atoms with Crippen LogP contribution in [0.5, 0.6) is 0 Å². The molecule has 0 aliphatic carbocycles. The minimum Gasteiger partial charge on any atom is -0.388 e. The molecule has 0 aliphatic rings. The number of anilines is 1. The second-order valence-electron chi connectivity index (χ2n) is 4.17. The molecule has 2 N–H and O–H groups in total. The van der Waals surface area contributed by atoms with Crippen LogP contribution in [-0.2, 0) is 12.7 Å². The maximum atomic E-state index is 12.9. The van der Waals surface area contributed by atoms with Gasteiger partial charge >= 0.3 is 6.18 Å². The molecule has 0 spiro atoms. The van der Waals surface area contributed by atoms with E-state index < -0.39 is 17.6 Å². The molecule has 112 valence electrons. The van der Waals surface area contributed by atoms with Gasteiger partial charge in [0.1, 0.15) is 0 Å². The van der Waals surface area contributed by atoms with E-state index in [2.05, 4.69) is 15.8 Å². The Morgan fingerprint density at radius 3 is 2.67 bits per heavy atom. The van der Waals surface area contributed by atoms with Crippen LogP contribution in [0.3, 0.4) is 0 Å². The first-order valence-electron chi connectivity index (χ1n) is 5.98. The van der Waals surface area contributed by atoms with Crippen LogP contribution in [0.4, 0.5) is 18.9 Å². The predicted octanol–water partition coefficient (Wildman–Crippen LogP) is 2.67. The summed E-state index contributed by atoms with van der Waals surface area (Å²) in [7, 11) is 1.38. The topological polar surface area (TPSA) is 67.2 Å². The van der Waals surface area contributed by atoms with E-state index in [1.165, 1.54) is 25.4 Å². The van der Waals surface area contributed by atoms with E-state index >= 15 is 0 Å².